The molecule has 2 aromatic rings. The zero-order chi connectivity index (χ0) is 16.9. The van der Waals surface area contributed by atoms with Gasteiger partial charge in [-0.3, -0.25) is 9.48 Å². The van der Waals surface area contributed by atoms with Crippen LogP contribution in [0.3, 0.4) is 0 Å². The molecule has 0 spiro atoms. The molecule has 0 aromatic carbocycles. The lowest BCUT2D eigenvalue weighted by Gasteiger charge is -2.22. The summed E-state index contributed by atoms with van der Waals surface area (Å²) in [4.78, 5) is 14.5. The van der Waals surface area contributed by atoms with Crippen LogP contribution in [0.25, 0.3) is 0 Å². The first-order valence-electron chi connectivity index (χ1n) is 8.45. The molecule has 0 N–H and O–H groups in total. The summed E-state index contributed by atoms with van der Waals surface area (Å²) in [6, 6.07) is 3.64. The van der Waals surface area contributed by atoms with E-state index in [0.29, 0.717) is 37.9 Å². The molecule has 1 amide bonds. The number of hydrogen-bond donors (Lipinski definition) is 0. The molecule has 3 heterocycles. The highest BCUT2D eigenvalue weighted by Crippen LogP contribution is 2.15. The molecule has 24 heavy (non-hydrogen) atoms. The fourth-order valence-corrected chi connectivity index (χ4v) is 2.89. The molecule has 1 saturated heterocycles. The number of carbonyl (C=O) groups excluding carboxylic acids is 1. The van der Waals surface area contributed by atoms with Gasteiger partial charge in [-0.25, -0.2) is 0 Å². The summed E-state index contributed by atoms with van der Waals surface area (Å²) < 4.78 is 12.9. The predicted octanol–water partition coefficient (Wildman–Crippen LogP) is 2.00. The van der Waals surface area contributed by atoms with Crippen molar-refractivity contribution in [2.75, 3.05) is 19.7 Å². The van der Waals surface area contributed by atoms with Crippen LogP contribution in [0.4, 0.5) is 0 Å². The fraction of sp³-hybridized carbons (Fsp3) is 0.588. The Morgan fingerprint density at radius 1 is 1.46 bits per heavy atom. The normalized spacial score (nSPS) is 18.8. The van der Waals surface area contributed by atoms with Gasteiger partial charge in [0.25, 0.3) is 5.91 Å². The summed E-state index contributed by atoms with van der Waals surface area (Å²) in [6.07, 6.45) is 5.18. The number of aromatic nitrogens is 3. The van der Waals surface area contributed by atoms with Crippen molar-refractivity contribution >= 4 is 5.91 Å². The van der Waals surface area contributed by atoms with Crippen LogP contribution in [0.1, 0.15) is 36.5 Å². The SMILES string of the molecule is CC(C)Cc1cc(C(=O)N2CCCO[C@H](Cn3cccn3)C2)on1. The smallest absolute Gasteiger partial charge is 0.292 e. The number of carbonyl (C=O) groups is 1. The third-order valence-electron chi connectivity index (χ3n) is 3.97. The van der Waals surface area contributed by atoms with E-state index in [0.717, 1.165) is 18.5 Å². The maximum Gasteiger partial charge on any atom is 0.292 e. The first kappa shape index (κ1) is 16.7. The third kappa shape index (κ3) is 4.23. The fourth-order valence-electron chi connectivity index (χ4n) is 2.89. The maximum absolute atomic E-state index is 12.7. The molecule has 0 radical (unpaired) electrons. The second-order valence-electron chi connectivity index (χ2n) is 6.61. The van der Waals surface area contributed by atoms with Crippen LogP contribution >= 0.6 is 0 Å². The molecule has 0 saturated carbocycles. The topological polar surface area (TPSA) is 73.4 Å². The molecule has 1 aliphatic rings. The van der Waals surface area contributed by atoms with Crippen LogP contribution in [0.5, 0.6) is 0 Å². The highest BCUT2D eigenvalue weighted by molar-refractivity contribution is 5.91. The molecule has 1 atom stereocenters. The predicted molar refractivity (Wildman–Crippen MR) is 87.5 cm³/mol. The Morgan fingerprint density at radius 3 is 3.08 bits per heavy atom. The zero-order valence-corrected chi connectivity index (χ0v) is 14.2. The van der Waals surface area contributed by atoms with Gasteiger partial charge in [0, 0.05) is 38.2 Å². The van der Waals surface area contributed by atoms with E-state index in [1.165, 1.54) is 0 Å². The lowest BCUT2D eigenvalue weighted by atomic mass is 10.1. The Bertz CT molecular complexity index is 651. The quantitative estimate of drug-likeness (QED) is 0.837. The largest absolute Gasteiger partial charge is 0.374 e. The third-order valence-corrected chi connectivity index (χ3v) is 3.97. The van der Waals surface area contributed by atoms with Crippen molar-refractivity contribution in [3.05, 3.63) is 36.0 Å². The number of amides is 1. The van der Waals surface area contributed by atoms with Crippen LogP contribution < -0.4 is 0 Å². The van der Waals surface area contributed by atoms with Crippen LogP contribution in [-0.4, -0.2) is 51.5 Å². The van der Waals surface area contributed by atoms with Gasteiger partial charge in [0.15, 0.2) is 0 Å². The molecular weight excluding hydrogens is 308 g/mol. The van der Waals surface area contributed by atoms with Gasteiger partial charge in [-0.05, 0) is 24.8 Å². The zero-order valence-electron chi connectivity index (χ0n) is 14.2. The number of hydrogen-bond acceptors (Lipinski definition) is 5. The monoisotopic (exact) mass is 332 g/mol. The van der Waals surface area contributed by atoms with Crippen molar-refractivity contribution in [3.63, 3.8) is 0 Å². The summed E-state index contributed by atoms with van der Waals surface area (Å²) in [5.74, 6) is 0.668. The van der Waals surface area contributed by atoms with E-state index in [1.807, 2.05) is 16.9 Å². The van der Waals surface area contributed by atoms with E-state index in [4.69, 9.17) is 9.26 Å². The molecule has 2 aromatic heterocycles. The van der Waals surface area contributed by atoms with Gasteiger partial charge in [0.1, 0.15) is 0 Å². The molecule has 7 heteroatoms. The summed E-state index contributed by atoms with van der Waals surface area (Å²) in [7, 11) is 0. The van der Waals surface area contributed by atoms with Gasteiger partial charge < -0.3 is 14.2 Å². The van der Waals surface area contributed by atoms with E-state index in [-0.39, 0.29) is 12.0 Å². The summed E-state index contributed by atoms with van der Waals surface area (Å²) in [5, 5.41) is 8.21. The standard InChI is InChI=1S/C17H24N4O3/c1-13(2)9-14-10-16(24-19-14)17(22)20-6-4-8-23-15(11-20)12-21-7-3-5-18-21/h3,5,7,10,13,15H,4,6,8-9,11-12H2,1-2H3/t15-/m0/s1. The molecule has 1 aliphatic heterocycles. The first-order valence-corrected chi connectivity index (χ1v) is 8.45. The van der Waals surface area contributed by atoms with E-state index in [9.17, 15) is 4.79 Å². The number of ether oxygens (including phenoxy) is 1. The minimum absolute atomic E-state index is 0.0746. The summed E-state index contributed by atoms with van der Waals surface area (Å²) >= 11 is 0. The second-order valence-corrected chi connectivity index (χ2v) is 6.61. The molecule has 3 rings (SSSR count). The van der Waals surface area contributed by atoms with Crippen molar-refractivity contribution in [1.82, 2.24) is 19.8 Å². The average molecular weight is 332 g/mol. The maximum atomic E-state index is 12.7. The van der Waals surface area contributed by atoms with E-state index >= 15 is 0 Å². The number of rotatable bonds is 5. The van der Waals surface area contributed by atoms with Gasteiger partial charge in [0.05, 0.1) is 18.3 Å². The minimum Gasteiger partial charge on any atom is -0.374 e. The van der Waals surface area contributed by atoms with Gasteiger partial charge in [-0.1, -0.05) is 19.0 Å². The van der Waals surface area contributed by atoms with Crippen LogP contribution in [0.15, 0.2) is 29.0 Å². The summed E-state index contributed by atoms with van der Waals surface area (Å²) in [5.41, 5.74) is 0.826. The first-order chi connectivity index (χ1) is 11.6. The molecule has 7 nitrogen and oxygen atoms in total. The van der Waals surface area contributed by atoms with Crippen LogP contribution in [0.2, 0.25) is 0 Å². The summed E-state index contributed by atoms with van der Waals surface area (Å²) in [6.45, 7) is 6.69. The van der Waals surface area contributed by atoms with Gasteiger partial charge in [-0.15, -0.1) is 0 Å². The van der Waals surface area contributed by atoms with Crippen molar-refractivity contribution in [1.29, 1.82) is 0 Å². The van der Waals surface area contributed by atoms with E-state index in [2.05, 4.69) is 24.1 Å². The highest BCUT2D eigenvalue weighted by atomic mass is 16.5. The van der Waals surface area contributed by atoms with Gasteiger partial charge >= 0.3 is 0 Å². The van der Waals surface area contributed by atoms with E-state index in [1.54, 1.807) is 17.2 Å². The Morgan fingerprint density at radius 2 is 2.33 bits per heavy atom. The van der Waals surface area contributed by atoms with Crippen molar-refractivity contribution in [3.8, 4) is 0 Å². The lowest BCUT2D eigenvalue weighted by Crippen LogP contribution is -2.38. The van der Waals surface area contributed by atoms with Crippen LogP contribution in [-0.2, 0) is 17.7 Å². The Labute approximate surface area is 141 Å². The van der Waals surface area contributed by atoms with Crippen LogP contribution in [0, 0.1) is 5.92 Å². The molecular formula is C17H24N4O3. The molecule has 0 aliphatic carbocycles. The average Bonchev–Trinajstić information content (AvgIpc) is 3.15. The number of nitrogens with zero attached hydrogens (tertiary/aromatic N) is 4. The minimum atomic E-state index is -0.117. The second kappa shape index (κ2) is 7.61. The Kier molecular flexibility index (Phi) is 5.30. The molecule has 130 valence electrons. The molecule has 1 fully saturated rings. The Hall–Kier alpha value is -2.15. The van der Waals surface area contributed by atoms with Gasteiger partial charge in [-0.2, -0.15) is 5.10 Å². The molecule has 0 bridgehead atoms. The highest BCUT2D eigenvalue weighted by Gasteiger charge is 2.26. The lowest BCUT2D eigenvalue weighted by molar-refractivity contribution is 0.0355. The van der Waals surface area contributed by atoms with Crippen molar-refractivity contribution in [2.24, 2.45) is 5.92 Å². The molecule has 0 unspecified atom stereocenters. The van der Waals surface area contributed by atoms with E-state index < -0.39 is 0 Å². The van der Waals surface area contributed by atoms with Crippen molar-refractivity contribution in [2.45, 2.75) is 39.3 Å². The van der Waals surface area contributed by atoms with Gasteiger partial charge in [0.2, 0.25) is 5.76 Å². The Balaban J connectivity index is 1.65. The van der Waals surface area contributed by atoms with Crippen molar-refractivity contribution < 1.29 is 14.1 Å².